The molecule has 0 bridgehead atoms. The van der Waals surface area contributed by atoms with Crippen LogP contribution in [-0.2, 0) is 0 Å². The first-order valence-electron chi connectivity index (χ1n) is 9.96. The molecule has 0 aliphatic heterocycles. The number of nitrogens with zero attached hydrogens (tertiary/aromatic N) is 2. The van der Waals surface area contributed by atoms with Crippen molar-refractivity contribution in [2.75, 3.05) is 24.9 Å². The van der Waals surface area contributed by atoms with Gasteiger partial charge in [-0.05, 0) is 49.1 Å². The van der Waals surface area contributed by atoms with Gasteiger partial charge in [0.2, 0.25) is 5.95 Å². The van der Waals surface area contributed by atoms with Crippen LogP contribution in [-0.4, -0.2) is 30.2 Å². The number of ether oxygens (including phenoxy) is 2. The van der Waals surface area contributed by atoms with Crippen molar-refractivity contribution in [1.29, 1.82) is 0 Å². The highest BCUT2D eigenvalue weighted by molar-refractivity contribution is 7.97. The summed E-state index contributed by atoms with van der Waals surface area (Å²) in [5.74, 6) is 2.24. The zero-order valence-corrected chi connectivity index (χ0v) is 18.9. The van der Waals surface area contributed by atoms with Crippen molar-refractivity contribution in [2.45, 2.75) is 30.2 Å². The summed E-state index contributed by atoms with van der Waals surface area (Å²) in [7, 11) is 3.21. The summed E-state index contributed by atoms with van der Waals surface area (Å²) in [5, 5.41) is 6.95. The third-order valence-corrected chi connectivity index (χ3v) is 6.28. The SMILES string of the molecule is COc1ccc(Nc2ncc(Cl)c(Nc3ccccc3SNC3CCC3)n2)c(OC)c1. The summed E-state index contributed by atoms with van der Waals surface area (Å²) in [6.45, 7) is 0. The van der Waals surface area contributed by atoms with E-state index in [9.17, 15) is 0 Å². The summed E-state index contributed by atoms with van der Waals surface area (Å²) in [6.07, 6.45) is 5.31. The van der Waals surface area contributed by atoms with E-state index in [0.29, 0.717) is 34.3 Å². The fourth-order valence-corrected chi connectivity index (χ4v) is 4.04. The largest absolute Gasteiger partial charge is 0.497 e. The fraction of sp³-hybridized carbons (Fsp3) is 0.273. The Bertz CT molecular complexity index is 1050. The third-order valence-electron chi connectivity index (χ3n) is 4.98. The van der Waals surface area contributed by atoms with Gasteiger partial charge in [-0.15, -0.1) is 0 Å². The van der Waals surface area contributed by atoms with Gasteiger partial charge in [-0.1, -0.05) is 30.2 Å². The predicted molar refractivity (Wildman–Crippen MR) is 126 cm³/mol. The Morgan fingerprint density at radius 3 is 2.61 bits per heavy atom. The number of rotatable bonds is 9. The second-order valence-corrected chi connectivity index (χ2v) is 8.34. The van der Waals surface area contributed by atoms with E-state index in [1.165, 1.54) is 19.3 Å². The van der Waals surface area contributed by atoms with Crippen LogP contribution < -0.4 is 24.8 Å². The second kappa shape index (κ2) is 10.1. The molecule has 1 fully saturated rings. The summed E-state index contributed by atoms with van der Waals surface area (Å²) in [4.78, 5) is 9.94. The molecule has 0 radical (unpaired) electrons. The Balaban J connectivity index is 1.52. The van der Waals surface area contributed by atoms with E-state index in [0.717, 1.165) is 16.3 Å². The molecule has 1 saturated carbocycles. The zero-order valence-electron chi connectivity index (χ0n) is 17.3. The molecule has 3 N–H and O–H groups in total. The molecule has 1 aliphatic carbocycles. The molecule has 9 heteroatoms. The molecule has 1 heterocycles. The van der Waals surface area contributed by atoms with Gasteiger partial charge in [-0.3, -0.25) is 4.72 Å². The van der Waals surface area contributed by atoms with Gasteiger partial charge >= 0.3 is 0 Å². The quantitative estimate of drug-likeness (QED) is 0.349. The minimum absolute atomic E-state index is 0.396. The van der Waals surface area contributed by atoms with Gasteiger partial charge in [-0.2, -0.15) is 4.98 Å². The predicted octanol–water partition coefficient (Wildman–Crippen LogP) is 5.78. The van der Waals surface area contributed by atoms with Crippen molar-refractivity contribution in [3.8, 4) is 11.5 Å². The Morgan fingerprint density at radius 2 is 1.87 bits per heavy atom. The monoisotopic (exact) mass is 457 g/mol. The molecule has 0 amide bonds. The molecule has 0 spiro atoms. The molecular formula is C22H24ClN5O2S. The fourth-order valence-electron chi connectivity index (χ4n) is 3.00. The first-order valence-corrected chi connectivity index (χ1v) is 11.2. The van der Waals surface area contributed by atoms with Gasteiger partial charge in [0.25, 0.3) is 0 Å². The topological polar surface area (TPSA) is 80.3 Å². The molecule has 4 rings (SSSR count). The average Bonchev–Trinajstić information content (AvgIpc) is 2.76. The molecule has 31 heavy (non-hydrogen) atoms. The normalized spacial score (nSPS) is 13.4. The summed E-state index contributed by atoms with van der Waals surface area (Å²) < 4.78 is 14.2. The summed E-state index contributed by atoms with van der Waals surface area (Å²) in [6, 6.07) is 14.1. The van der Waals surface area contributed by atoms with Crippen LogP contribution >= 0.6 is 23.5 Å². The van der Waals surface area contributed by atoms with Crippen LogP contribution in [0.25, 0.3) is 0 Å². The Hall–Kier alpha value is -2.68. The number of methoxy groups -OCH3 is 2. The van der Waals surface area contributed by atoms with Gasteiger partial charge in [0, 0.05) is 17.0 Å². The van der Waals surface area contributed by atoms with E-state index < -0.39 is 0 Å². The van der Waals surface area contributed by atoms with Crippen molar-refractivity contribution in [1.82, 2.24) is 14.7 Å². The van der Waals surface area contributed by atoms with Crippen LogP contribution in [0.1, 0.15) is 19.3 Å². The Labute approximate surface area is 191 Å². The highest BCUT2D eigenvalue weighted by Gasteiger charge is 2.18. The molecule has 7 nitrogen and oxygen atoms in total. The number of benzene rings is 2. The summed E-state index contributed by atoms with van der Waals surface area (Å²) >= 11 is 8.01. The number of anilines is 4. The van der Waals surface area contributed by atoms with Gasteiger partial charge < -0.3 is 20.1 Å². The van der Waals surface area contributed by atoms with Crippen LogP contribution in [0.3, 0.4) is 0 Å². The van der Waals surface area contributed by atoms with Gasteiger partial charge in [0.05, 0.1) is 31.8 Å². The number of hydrogen-bond acceptors (Lipinski definition) is 8. The molecule has 3 aromatic rings. The van der Waals surface area contributed by atoms with Crippen LogP contribution in [0, 0.1) is 0 Å². The highest BCUT2D eigenvalue weighted by atomic mass is 35.5. The van der Waals surface area contributed by atoms with Crippen molar-refractivity contribution in [2.24, 2.45) is 0 Å². The maximum absolute atomic E-state index is 6.38. The first kappa shape index (κ1) is 21.5. The minimum atomic E-state index is 0.396. The van der Waals surface area contributed by atoms with E-state index in [1.807, 2.05) is 30.3 Å². The van der Waals surface area contributed by atoms with Gasteiger partial charge in [-0.25, -0.2) is 4.98 Å². The lowest BCUT2D eigenvalue weighted by atomic mass is 9.94. The van der Waals surface area contributed by atoms with Crippen LogP contribution in [0.2, 0.25) is 5.02 Å². The molecule has 0 saturated heterocycles. The van der Waals surface area contributed by atoms with E-state index in [2.05, 4.69) is 31.4 Å². The molecule has 0 unspecified atom stereocenters. The number of nitrogens with one attached hydrogen (secondary N) is 3. The molecule has 2 aromatic carbocycles. The number of hydrogen-bond donors (Lipinski definition) is 3. The number of para-hydroxylation sites is 1. The van der Waals surface area contributed by atoms with Gasteiger partial charge in [0.1, 0.15) is 16.5 Å². The van der Waals surface area contributed by atoms with Crippen molar-refractivity contribution < 1.29 is 9.47 Å². The van der Waals surface area contributed by atoms with Crippen molar-refractivity contribution >= 4 is 46.7 Å². The van der Waals surface area contributed by atoms with Crippen LogP contribution in [0.4, 0.5) is 23.1 Å². The highest BCUT2D eigenvalue weighted by Crippen LogP contribution is 2.34. The lowest BCUT2D eigenvalue weighted by molar-refractivity contribution is 0.395. The second-order valence-electron chi connectivity index (χ2n) is 7.05. The first-order chi connectivity index (χ1) is 15.2. The van der Waals surface area contributed by atoms with E-state index in [4.69, 9.17) is 21.1 Å². The van der Waals surface area contributed by atoms with E-state index in [-0.39, 0.29) is 0 Å². The molecule has 0 atom stereocenters. The maximum Gasteiger partial charge on any atom is 0.229 e. The average molecular weight is 458 g/mol. The Kier molecular flexibility index (Phi) is 7.01. The van der Waals surface area contributed by atoms with E-state index >= 15 is 0 Å². The number of aromatic nitrogens is 2. The van der Waals surface area contributed by atoms with E-state index in [1.54, 1.807) is 38.4 Å². The Morgan fingerprint density at radius 1 is 1.03 bits per heavy atom. The molecule has 1 aromatic heterocycles. The standard InChI is InChI=1S/C22H24ClN5O2S/c1-29-15-10-11-17(19(12-15)30-2)26-22-24-13-16(23)21(27-22)25-18-8-3-4-9-20(18)31-28-14-6-5-7-14/h3-4,8-14,28H,5-7H2,1-2H3,(H2,24,25,26,27). The zero-order chi connectivity index (χ0) is 21.6. The van der Waals surface area contributed by atoms with Crippen molar-refractivity contribution in [3.63, 3.8) is 0 Å². The van der Waals surface area contributed by atoms with Crippen LogP contribution in [0.15, 0.2) is 53.6 Å². The molecule has 1 aliphatic rings. The number of halogens is 1. The third kappa shape index (κ3) is 5.33. The smallest absolute Gasteiger partial charge is 0.229 e. The maximum atomic E-state index is 6.38. The van der Waals surface area contributed by atoms with Gasteiger partial charge in [0.15, 0.2) is 5.82 Å². The summed E-state index contributed by atoms with van der Waals surface area (Å²) in [5.41, 5.74) is 1.64. The van der Waals surface area contributed by atoms with Crippen LogP contribution in [0.5, 0.6) is 11.5 Å². The minimum Gasteiger partial charge on any atom is -0.497 e. The molecular weight excluding hydrogens is 434 g/mol. The van der Waals surface area contributed by atoms with Crippen molar-refractivity contribution in [3.05, 3.63) is 53.7 Å². The lowest BCUT2D eigenvalue weighted by Gasteiger charge is -2.26. The molecule has 162 valence electrons. The lowest BCUT2D eigenvalue weighted by Crippen LogP contribution is -2.30.